The number of benzene rings is 1. The number of ether oxygens (including phenoxy) is 1. The molecule has 0 radical (unpaired) electrons. The number of carbonyl (C=O) groups excluding carboxylic acids is 1. The zero-order chi connectivity index (χ0) is 28.8. The van der Waals surface area contributed by atoms with Crippen molar-refractivity contribution in [1.82, 2.24) is 9.97 Å². The van der Waals surface area contributed by atoms with Gasteiger partial charge in [-0.15, -0.1) is 0 Å². The molecule has 0 aliphatic carbocycles. The van der Waals surface area contributed by atoms with Crippen LogP contribution in [0.4, 0.5) is 28.1 Å². The number of nitrogens with zero attached hydrogens (tertiary/aromatic N) is 4. The number of allylic oxidation sites excluding steroid dienone is 2. The van der Waals surface area contributed by atoms with E-state index in [9.17, 15) is 14.9 Å². The predicted octanol–water partition coefficient (Wildman–Crippen LogP) is 5.82. The van der Waals surface area contributed by atoms with Gasteiger partial charge in [-0.3, -0.25) is 15.0 Å². The van der Waals surface area contributed by atoms with Crippen LogP contribution in [0.5, 0.6) is 0 Å². The molecule has 1 aromatic carbocycles. The lowest BCUT2D eigenvalue weighted by molar-refractivity contribution is -0.383. The van der Waals surface area contributed by atoms with Gasteiger partial charge < -0.3 is 20.2 Å². The molecular weight excluding hydrogens is 516 g/mol. The van der Waals surface area contributed by atoms with Crippen LogP contribution in [0, 0.1) is 10.1 Å². The molecule has 1 aliphatic rings. The average Bonchev–Trinajstić information content (AvgIpc) is 2.84. The van der Waals surface area contributed by atoms with Crippen LogP contribution in [0.3, 0.4) is 0 Å². The number of carbonyl (C=O) groups is 1. The number of fused-ring (bicyclic) bond motifs is 4. The SMILES string of the molecule is CCOC(=O)N1Cc2cccc(c2)CC=CCCC(CO[Si](C)(C)C(C)(C)C)Nc2nc(N)c([N+](=O)[O-])c1n2. The molecule has 1 aliphatic heterocycles. The number of nitrogens with two attached hydrogens (primary N) is 1. The van der Waals surface area contributed by atoms with Crippen molar-refractivity contribution in [3.63, 3.8) is 0 Å². The lowest BCUT2D eigenvalue weighted by atomic mass is 10.1. The molecule has 1 amide bonds. The smallest absolute Gasteiger partial charge is 0.415 e. The van der Waals surface area contributed by atoms with Crippen molar-refractivity contribution in [3.8, 4) is 0 Å². The Morgan fingerprint density at radius 2 is 1.97 bits per heavy atom. The minimum Gasteiger partial charge on any atom is -0.449 e. The highest BCUT2D eigenvalue weighted by Gasteiger charge is 2.38. The Hall–Kier alpha value is -3.51. The number of hydrogen-bond acceptors (Lipinski definition) is 9. The fourth-order valence-electron chi connectivity index (χ4n) is 3.89. The normalized spacial score (nSPS) is 16.6. The molecule has 1 aromatic heterocycles. The first-order valence-corrected chi connectivity index (χ1v) is 16.1. The van der Waals surface area contributed by atoms with Crippen molar-refractivity contribution in [1.29, 1.82) is 0 Å². The van der Waals surface area contributed by atoms with Gasteiger partial charge in [0.05, 0.1) is 30.7 Å². The molecule has 0 saturated carbocycles. The first-order chi connectivity index (χ1) is 18.3. The van der Waals surface area contributed by atoms with E-state index in [1.807, 2.05) is 24.3 Å². The Labute approximate surface area is 231 Å². The van der Waals surface area contributed by atoms with Crippen LogP contribution in [-0.2, 0) is 22.1 Å². The van der Waals surface area contributed by atoms with Gasteiger partial charge in [-0.25, -0.2) is 4.79 Å². The van der Waals surface area contributed by atoms with Crippen LogP contribution >= 0.6 is 0 Å². The summed E-state index contributed by atoms with van der Waals surface area (Å²) in [6.07, 6.45) is 5.69. The maximum Gasteiger partial charge on any atom is 0.415 e. The van der Waals surface area contributed by atoms with E-state index in [0.29, 0.717) is 19.4 Å². The number of hydrogen-bond donors (Lipinski definition) is 2. The first kappa shape index (κ1) is 30.0. The van der Waals surface area contributed by atoms with Crippen molar-refractivity contribution in [2.24, 2.45) is 0 Å². The third-order valence-corrected chi connectivity index (χ3v) is 11.6. The molecule has 3 N–H and O–H groups in total. The van der Waals surface area contributed by atoms with Gasteiger partial charge in [0.25, 0.3) is 0 Å². The summed E-state index contributed by atoms with van der Waals surface area (Å²) in [4.78, 5) is 34.3. The van der Waals surface area contributed by atoms with Crippen LogP contribution in [0.1, 0.15) is 51.7 Å². The minimum absolute atomic E-state index is 0.00499. The van der Waals surface area contributed by atoms with E-state index in [4.69, 9.17) is 14.9 Å². The standard InChI is InChI=1S/C27H40N6O5Si/c1-7-37-26(34)32-17-20-14-11-13-19(16-20)12-9-8-10-15-21(18-38-39(5,6)27(2,3)4)29-25-30-23(28)22(33(35)36)24(32)31-25/h8-9,11,13-14,16,21H,7,10,12,15,17-18H2,1-6H3,(H3,28,29,30,31). The van der Waals surface area contributed by atoms with Crippen LogP contribution in [0.15, 0.2) is 36.4 Å². The summed E-state index contributed by atoms with van der Waals surface area (Å²) in [5.74, 6) is -0.487. The van der Waals surface area contributed by atoms with E-state index < -0.39 is 25.0 Å². The highest BCUT2D eigenvalue weighted by atomic mass is 28.4. The fourth-order valence-corrected chi connectivity index (χ4v) is 4.94. The molecule has 212 valence electrons. The molecule has 0 spiro atoms. The maximum atomic E-state index is 13.1. The second kappa shape index (κ2) is 12.6. The van der Waals surface area contributed by atoms with E-state index >= 15 is 0 Å². The number of rotatable bonds is 5. The van der Waals surface area contributed by atoms with Gasteiger partial charge in [-0.2, -0.15) is 9.97 Å². The number of nitrogen functional groups attached to an aromatic ring is 1. The maximum absolute atomic E-state index is 13.1. The van der Waals surface area contributed by atoms with Gasteiger partial charge in [0, 0.05) is 0 Å². The van der Waals surface area contributed by atoms with E-state index in [1.165, 1.54) is 0 Å². The number of anilines is 3. The Kier molecular flexibility index (Phi) is 9.67. The quantitative estimate of drug-likeness (QED) is 0.201. The molecule has 0 saturated heterocycles. The monoisotopic (exact) mass is 556 g/mol. The number of nitro groups is 1. The highest BCUT2D eigenvalue weighted by Crippen LogP contribution is 2.37. The third-order valence-electron chi connectivity index (χ3n) is 7.14. The largest absolute Gasteiger partial charge is 0.449 e. The number of aromatic nitrogens is 2. The number of nitrogens with one attached hydrogen (secondary N) is 1. The molecule has 12 heteroatoms. The van der Waals surface area contributed by atoms with E-state index in [2.05, 4.69) is 61.3 Å². The van der Waals surface area contributed by atoms with Crippen LogP contribution in [0.25, 0.3) is 0 Å². The Morgan fingerprint density at radius 1 is 1.26 bits per heavy atom. The van der Waals surface area contributed by atoms with Gasteiger partial charge in [-0.1, -0.05) is 57.2 Å². The fraction of sp³-hybridized carbons (Fsp3) is 0.519. The second-order valence-corrected chi connectivity index (χ2v) is 15.9. The van der Waals surface area contributed by atoms with E-state index in [-0.39, 0.29) is 41.8 Å². The molecule has 11 nitrogen and oxygen atoms in total. The van der Waals surface area contributed by atoms with Crippen molar-refractivity contribution in [2.75, 3.05) is 29.2 Å². The zero-order valence-corrected chi connectivity index (χ0v) is 24.7. The lowest BCUT2D eigenvalue weighted by Gasteiger charge is -2.37. The summed E-state index contributed by atoms with van der Waals surface area (Å²) >= 11 is 0. The average molecular weight is 557 g/mol. The Balaban J connectivity index is 2.10. The lowest BCUT2D eigenvalue weighted by Crippen LogP contribution is -2.43. The highest BCUT2D eigenvalue weighted by molar-refractivity contribution is 6.74. The third kappa shape index (κ3) is 7.76. The van der Waals surface area contributed by atoms with Crippen molar-refractivity contribution in [2.45, 2.75) is 77.7 Å². The second-order valence-electron chi connectivity index (χ2n) is 11.1. The summed E-state index contributed by atoms with van der Waals surface area (Å²) in [5, 5.41) is 15.4. The van der Waals surface area contributed by atoms with Gasteiger partial charge in [0.15, 0.2) is 8.32 Å². The summed E-state index contributed by atoms with van der Waals surface area (Å²) in [6, 6.07) is 7.51. The summed E-state index contributed by atoms with van der Waals surface area (Å²) in [7, 11) is -2.05. The van der Waals surface area contributed by atoms with E-state index in [1.54, 1.807) is 6.92 Å². The van der Waals surface area contributed by atoms with Crippen molar-refractivity contribution >= 4 is 37.7 Å². The molecule has 0 fully saturated rings. The summed E-state index contributed by atoms with van der Waals surface area (Å²) < 4.78 is 11.7. The van der Waals surface area contributed by atoms with Gasteiger partial charge in [0.2, 0.25) is 17.6 Å². The molecule has 1 atom stereocenters. The summed E-state index contributed by atoms with van der Waals surface area (Å²) in [5.41, 5.74) is 7.36. The van der Waals surface area contributed by atoms with Crippen LogP contribution < -0.4 is 16.0 Å². The molecule has 4 bridgehead atoms. The van der Waals surface area contributed by atoms with Crippen molar-refractivity contribution < 1.29 is 18.9 Å². The minimum atomic E-state index is -2.05. The Bertz CT molecular complexity index is 1210. The molecular formula is C27H40N6O5Si. The van der Waals surface area contributed by atoms with Crippen LogP contribution in [-0.4, -0.2) is 48.6 Å². The first-order valence-electron chi connectivity index (χ1n) is 13.2. The van der Waals surface area contributed by atoms with E-state index in [0.717, 1.165) is 22.4 Å². The van der Waals surface area contributed by atoms with Gasteiger partial charge in [0.1, 0.15) is 0 Å². The van der Waals surface area contributed by atoms with Gasteiger partial charge >= 0.3 is 11.8 Å². The Morgan fingerprint density at radius 3 is 2.64 bits per heavy atom. The molecule has 2 aromatic rings. The molecule has 3 rings (SSSR count). The topological polar surface area (TPSA) is 146 Å². The molecule has 1 unspecified atom stereocenters. The molecule has 2 heterocycles. The van der Waals surface area contributed by atoms with Crippen LogP contribution in [0.2, 0.25) is 18.1 Å². The van der Waals surface area contributed by atoms with Gasteiger partial charge in [-0.05, 0) is 55.4 Å². The predicted molar refractivity (Wildman–Crippen MR) is 155 cm³/mol. The number of amides is 1. The zero-order valence-electron chi connectivity index (χ0n) is 23.7. The molecule has 39 heavy (non-hydrogen) atoms. The van der Waals surface area contributed by atoms with Crippen molar-refractivity contribution in [3.05, 3.63) is 57.7 Å². The summed E-state index contributed by atoms with van der Waals surface area (Å²) in [6.45, 7) is 13.1.